The second-order valence-electron chi connectivity index (χ2n) is 4.23. The molecule has 0 unspecified atom stereocenters. The Kier molecular flexibility index (Phi) is 3.75. The second kappa shape index (κ2) is 5.49. The molecule has 0 aliphatic rings. The van der Waals surface area contributed by atoms with Gasteiger partial charge in [-0.2, -0.15) is 0 Å². The van der Waals surface area contributed by atoms with Gasteiger partial charge in [0.05, 0.1) is 5.56 Å². The first-order valence-electron chi connectivity index (χ1n) is 5.81. The molecule has 0 fully saturated rings. The molecular weight excluding hydrogens is 279 g/mol. The fourth-order valence-electron chi connectivity index (χ4n) is 1.70. The maximum absolute atomic E-state index is 13.6. The van der Waals surface area contributed by atoms with E-state index in [4.69, 9.17) is 10.8 Å². The fraction of sp³-hybridized carbons (Fsp3) is 0. The van der Waals surface area contributed by atoms with E-state index < -0.39 is 23.4 Å². The van der Waals surface area contributed by atoms with Crippen LogP contribution < -0.4 is 11.1 Å². The molecule has 0 atom stereocenters. The normalized spacial score (nSPS) is 10.1. The standard InChI is InChI=1S/C14H11FN2O4/c15-11-5-7(16)1-3-9(11)13(19)17-8-2-4-12(18)10(6-8)14(20)21/h1-6,18H,16H2,(H,17,19)(H,20,21). The Morgan fingerprint density at radius 3 is 2.43 bits per heavy atom. The van der Waals surface area contributed by atoms with Crippen molar-refractivity contribution in [2.75, 3.05) is 11.1 Å². The number of carboxylic acid groups (broad SMARTS) is 1. The Morgan fingerprint density at radius 1 is 1.10 bits per heavy atom. The molecule has 2 aromatic carbocycles. The van der Waals surface area contributed by atoms with Crippen LogP contribution in [0.1, 0.15) is 20.7 Å². The molecule has 108 valence electrons. The highest BCUT2D eigenvalue weighted by Gasteiger charge is 2.14. The summed E-state index contributed by atoms with van der Waals surface area (Å²) in [5.74, 6) is -3.32. The van der Waals surface area contributed by atoms with Gasteiger partial charge in [0.2, 0.25) is 0 Å². The van der Waals surface area contributed by atoms with Gasteiger partial charge in [-0.1, -0.05) is 0 Å². The van der Waals surface area contributed by atoms with E-state index in [-0.39, 0.29) is 22.5 Å². The number of rotatable bonds is 3. The lowest BCUT2D eigenvalue weighted by molar-refractivity contribution is 0.0693. The van der Waals surface area contributed by atoms with E-state index in [2.05, 4.69) is 5.32 Å². The molecule has 0 aromatic heterocycles. The number of phenols is 1. The van der Waals surface area contributed by atoms with Crippen LogP contribution in [-0.2, 0) is 0 Å². The van der Waals surface area contributed by atoms with E-state index >= 15 is 0 Å². The molecule has 0 aliphatic carbocycles. The summed E-state index contributed by atoms with van der Waals surface area (Å²) in [5.41, 5.74) is 5.09. The zero-order valence-electron chi connectivity index (χ0n) is 10.6. The third-order valence-electron chi connectivity index (χ3n) is 2.72. The summed E-state index contributed by atoms with van der Waals surface area (Å²) >= 11 is 0. The van der Waals surface area contributed by atoms with Crippen LogP contribution in [0.3, 0.4) is 0 Å². The average molecular weight is 290 g/mol. The van der Waals surface area contributed by atoms with E-state index in [0.717, 1.165) is 18.2 Å². The predicted octanol–water partition coefficient (Wildman–Crippen LogP) is 2.06. The molecule has 0 saturated heterocycles. The van der Waals surface area contributed by atoms with Crippen molar-refractivity contribution in [3.8, 4) is 5.75 Å². The van der Waals surface area contributed by atoms with Crippen LogP contribution >= 0.6 is 0 Å². The highest BCUT2D eigenvalue weighted by molar-refractivity contribution is 6.05. The van der Waals surface area contributed by atoms with E-state index in [1.165, 1.54) is 18.2 Å². The summed E-state index contributed by atoms with van der Waals surface area (Å²) in [4.78, 5) is 22.8. The van der Waals surface area contributed by atoms with Gasteiger partial charge >= 0.3 is 5.97 Å². The molecule has 0 saturated carbocycles. The van der Waals surface area contributed by atoms with Crippen LogP contribution in [0.4, 0.5) is 15.8 Å². The molecule has 0 bridgehead atoms. The van der Waals surface area contributed by atoms with Crippen LogP contribution in [-0.4, -0.2) is 22.1 Å². The Morgan fingerprint density at radius 2 is 1.81 bits per heavy atom. The lowest BCUT2D eigenvalue weighted by atomic mass is 10.1. The molecule has 6 nitrogen and oxygen atoms in total. The molecule has 21 heavy (non-hydrogen) atoms. The maximum Gasteiger partial charge on any atom is 0.339 e. The number of hydrogen-bond donors (Lipinski definition) is 4. The van der Waals surface area contributed by atoms with Crippen LogP contribution in [0.15, 0.2) is 36.4 Å². The minimum Gasteiger partial charge on any atom is -0.507 e. The van der Waals surface area contributed by atoms with Crippen LogP contribution in [0.25, 0.3) is 0 Å². The minimum absolute atomic E-state index is 0.117. The SMILES string of the molecule is Nc1ccc(C(=O)Nc2ccc(O)c(C(=O)O)c2)c(F)c1. The molecule has 0 radical (unpaired) electrons. The number of amides is 1. The molecular formula is C14H11FN2O4. The Bertz CT molecular complexity index is 731. The van der Waals surface area contributed by atoms with Gasteiger partial charge in [-0.25, -0.2) is 9.18 Å². The molecule has 0 spiro atoms. The number of nitrogen functional groups attached to an aromatic ring is 1. The maximum atomic E-state index is 13.6. The van der Waals surface area contributed by atoms with Gasteiger partial charge in [-0.15, -0.1) is 0 Å². The molecule has 0 aliphatic heterocycles. The second-order valence-corrected chi connectivity index (χ2v) is 4.23. The third-order valence-corrected chi connectivity index (χ3v) is 2.72. The monoisotopic (exact) mass is 290 g/mol. The van der Waals surface area contributed by atoms with Crippen LogP contribution in [0.5, 0.6) is 5.75 Å². The Hall–Kier alpha value is -3.09. The summed E-state index contributed by atoms with van der Waals surface area (Å²) in [7, 11) is 0. The van der Waals surface area contributed by atoms with Crippen molar-refractivity contribution >= 4 is 23.3 Å². The van der Waals surface area contributed by atoms with Gasteiger partial charge in [-0.3, -0.25) is 4.79 Å². The van der Waals surface area contributed by atoms with Crippen molar-refractivity contribution < 1.29 is 24.2 Å². The van der Waals surface area contributed by atoms with Gasteiger partial charge < -0.3 is 21.3 Å². The number of nitrogens with two attached hydrogens (primary N) is 1. The van der Waals surface area contributed by atoms with Crippen molar-refractivity contribution in [3.63, 3.8) is 0 Å². The predicted molar refractivity (Wildman–Crippen MR) is 73.8 cm³/mol. The highest BCUT2D eigenvalue weighted by atomic mass is 19.1. The van der Waals surface area contributed by atoms with Crippen LogP contribution in [0.2, 0.25) is 0 Å². The summed E-state index contributed by atoms with van der Waals surface area (Å²) in [6.07, 6.45) is 0. The van der Waals surface area contributed by atoms with Crippen molar-refractivity contribution in [2.24, 2.45) is 0 Å². The van der Waals surface area contributed by atoms with E-state index in [1.807, 2.05) is 0 Å². The summed E-state index contributed by atoms with van der Waals surface area (Å²) < 4.78 is 13.6. The lowest BCUT2D eigenvalue weighted by Gasteiger charge is -2.08. The quantitative estimate of drug-likeness (QED) is 0.510. The number of hydrogen-bond acceptors (Lipinski definition) is 4. The van der Waals surface area contributed by atoms with Crippen molar-refractivity contribution in [2.45, 2.75) is 0 Å². The van der Waals surface area contributed by atoms with Gasteiger partial charge in [0.15, 0.2) is 0 Å². The number of carbonyl (C=O) groups excluding carboxylic acids is 1. The summed E-state index contributed by atoms with van der Waals surface area (Å²) in [5, 5.41) is 20.6. The van der Waals surface area contributed by atoms with Gasteiger partial charge in [0.1, 0.15) is 17.1 Å². The van der Waals surface area contributed by atoms with E-state index in [0.29, 0.717) is 0 Å². The highest BCUT2D eigenvalue weighted by Crippen LogP contribution is 2.22. The number of aromatic hydroxyl groups is 1. The summed E-state index contributed by atoms with van der Waals surface area (Å²) in [6, 6.07) is 7.10. The van der Waals surface area contributed by atoms with Crippen molar-refractivity contribution in [3.05, 3.63) is 53.3 Å². The molecule has 2 rings (SSSR count). The number of halogens is 1. The molecule has 1 amide bonds. The largest absolute Gasteiger partial charge is 0.507 e. The number of nitrogens with one attached hydrogen (secondary N) is 1. The number of anilines is 2. The third kappa shape index (κ3) is 3.08. The number of benzene rings is 2. The minimum atomic E-state index is -1.35. The van der Waals surface area contributed by atoms with Crippen molar-refractivity contribution in [1.82, 2.24) is 0 Å². The van der Waals surface area contributed by atoms with Gasteiger partial charge in [-0.05, 0) is 36.4 Å². The first kappa shape index (κ1) is 14.3. The molecule has 7 heteroatoms. The number of aromatic carboxylic acids is 1. The Labute approximate surface area is 118 Å². The lowest BCUT2D eigenvalue weighted by Crippen LogP contribution is -2.14. The summed E-state index contributed by atoms with van der Waals surface area (Å²) in [6.45, 7) is 0. The van der Waals surface area contributed by atoms with Gasteiger partial charge in [0.25, 0.3) is 5.91 Å². The zero-order valence-corrected chi connectivity index (χ0v) is 10.6. The van der Waals surface area contributed by atoms with Crippen LogP contribution in [0, 0.1) is 5.82 Å². The first-order valence-corrected chi connectivity index (χ1v) is 5.81. The molecule has 2 aromatic rings. The number of carbonyl (C=O) groups is 2. The molecule has 0 heterocycles. The smallest absolute Gasteiger partial charge is 0.339 e. The van der Waals surface area contributed by atoms with E-state index in [1.54, 1.807) is 0 Å². The van der Waals surface area contributed by atoms with Gasteiger partial charge in [0, 0.05) is 11.4 Å². The molecule has 5 N–H and O–H groups in total. The zero-order chi connectivity index (χ0) is 15.6. The fourth-order valence-corrected chi connectivity index (χ4v) is 1.70. The topological polar surface area (TPSA) is 113 Å². The van der Waals surface area contributed by atoms with Crippen molar-refractivity contribution in [1.29, 1.82) is 0 Å². The average Bonchev–Trinajstić information content (AvgIpc) is 2.40. The Balaban J connectivity index is 2.27. The first-order chi connectivity index (χ1) is 9.88. The van der Waals surface area contributed by atoms with E-state index in [9.17, 15) is 19.1 Å². The number of carboxylic acids is 1.